The Morgan fingerprint density at radius 3 is 2.78 bits per heavy atom. The monoisotopic (exact) mass is 268 g/mol. The number of carbonyl (C=O) groups is 1. The molecule has 0 saturated heterocycles. The molecule has 0 bridgehead atoms. The van der Waals surface area contributed by atoms with Gasteiger partial charge in [-0.1, -0.05) is 37.1 Å². The number of carbonyl (C=O) groups excluding carboxylic acids is 1. The van der Waals surface area contributed by atoms with Gasteiger partial charge in [0.2, 0.25) is 5.91 Å². The smallest absolute Gasteiger partial charge is 0.220 e. The van der Waals surface area contributed by atoms with E-state index in [0.717, 1.165) is 12.0 Å². The third-order valence-corrected chi connectivity index (χ3v) is 3.35. The number of amides is 1. The molecule has 1 aromatic rings. The first-order valence-electron chi connectivity index (χ1n) is 6.31. The van der Waals surface area contributed by atoms with Gasteiger partial charge in [0.25, 0.3) is 0 Å². The second-order valence-electron chi connectivity index (χ2n) is 4.56. The second-order valence-corrected chi connectivity index (χ2v) is 4.99. The van der Waals surface area contributed by atoms with E-state index in [9.17, 15) is 4.79 Å². The summed E-state index contributed by atoms with van der Waals surface area (Å²) in [5, 5.41) is 3.65. The quantitative estimate of drug-likeness (QED) is 0.834. The Morgan fingerprint density at radius 1 is 1.50 bits per heavy atom. The van der Waals surface area contributed by atoms with E-state index in [0.29, 0.717) is 18.0 Å². The van der Waals surface area contributed by atoms with Crippen LogP contribution in [0.4, 0.5) is 0 Å². The zero-order valence-electron chi connectivity index (χ0n) is 10.9. The lowest BCUT2D eigenvalue weighted by molar-refractivity contribution is -0.122. The van der Waals surface area contributed by atoms with Crippen LogP contribution in [0.15, 0.2) is 24.3 Å². The highest BCUT2D eigenvalue weighted by molar-refractivity contribution is 6.30. The zero-order chi connectivity index (χ0) is 13.5. The molecule has 0 aromatic heterocycles. The van der Waals surface area contributed by atoms with Crippen molar-refractivity contribution >= 4 is 17.5 Å². The minimum absolute atomic E-state index is 0.0357. The lowest BCUT2D eigenvalue weighted by Gasteiger charge is -2.17. The lowest BCUT2D eigenvalue weighted by Crippen LogP contribution is -2.30. The SMILES string of the molecule is CCC(CN)CC(=O)NC(C)c1cccc(Cl)c1. The maximum absolute atomic E-state index is 11.8. The van der Waals surface area contributed by atoms with E-state index in [-0.39, 0.29) is 17.9 Å². The van der Waals surface area contributed by atoms with E-state index in [1.54, 1.807) is 0 Å². The Bertz CT molecular complexity index is 391. The predicted octanol–water partition coefficient (Wildman–Crippen LogP) is 2.89. The molecule has 0 heterocycles. The maximum Gasteiger partial charge on any atom is 0.220 e. The van der Waals surface area contributed by atoms with Gasteiger partial charge in [0.15, 0.2) is 0 Å². The molecule has 0 fully saturated rings. The number of nitrogens with two attached hydrogens (primary N) is 1. The molecule has 0 saturated carbocycles. The molecule has 1 aromatic carbocycles. The summed E-state index contributed by atoms with van der Waals surface area (Å²) < 4.78 is 0. The number of hydrogen-bond donors (Lipinski definition) is 2. The van der Waals surface area contributed by atoms with Gasteiger partial charge in [0, 0.05) is 11.4 Å². The van der Waals surface area contributed by atoms with E-state index in [1.807, 2.05) is 38.1 Å². The van der Waals surface area contributed by atoms with Crippen LogP contribution >= 0.6 is 11.6 Å². The average molecular weight is 269 g/mol. The molecule has 0 aliphatic heterocycles. The Labute approximate surface area is 114 Å². The van der Waals surface area contributed by atoms with Crippen molar-refractivity contribution in [2.45, 2.75) is 32.7 Å². The lowest BCUT2D eigenvalue weighted by atomic mass is 10.0. The highest BCUT2D eigenvalue weighted by Crippen LogP contribution is 2.17. The van der Waals surface area contributed by atoms with Crippen LogP contribution in [0, 0.1) is 5.92 Å². The maximum atomic E-state index is 11.8. The largest absolute Gasteiger partial charge is 0.350 e. The molecule has 0 radical (unpaired) electrons. The topological polar surface area (TPSA) is 55.1 Å². The molecule has 100 valence electrons. The fourth-order valence-corrected chi connectivity index (χ4v) is 2.01. The number of hydrogen-bond acceptors (Lipinski definition) is 2. The van der Waals surface area contributed by atoms with Crippen LogP contribution in [-0.2, 0) is 4.79 Å². The van der Waals surface area contributed by atoms with Crippen LogP contribution in [0.2, 0.25) is 5.02 Å². The van der Waals surface area contributed by atoms with Gasteiger partial charge in [-0.05, 0) is 37.1 Å². The van der Waals surface area contributed by atoms with Gasteiger partial charge in [-0.25, -0.2) is 0 Å². The predicted molar refractivity (Wildman–Crippen MR) is 75.5 cm³/mol. The summed E-state index contributed by atoms with van der Waals surface area (Å²) in [6.45, 7) is 4.55. The van der Waals surface area contributed by atoms with Gasteiger partial charge in [-0.3, -0.25) is 4.79 Å². The van der Waals surface area contributed by atoms with Crippen molar-refractivity contribution in [3.63, 3.8) is 0 Å². The van der Waals surface area contributed by atoms with Gasteiger partial charge in [0.05, 0.1) is 6.04 Å². The van der Waals surface area contributed by atoms with Gasteiger partial charge in [0.1, 0.15) is 0 Å². The molecule has 2 unspecified atom stereocenters. The molecule has 2 atom stereocenters. The Hall–Kier alpha value is -1.06. The highest BCUT2D eigenvalue weighted by Gasteiger charge is 2.13. The van der Waals surface area contributed by atoms with Crippen molar-refractivity contribution < 1.29 is 4.79 Å². The molecule has 1 rings (SSSR count). The molecular weight excluding hydrogens is 248 g/mol. The van der Waals surface area contributed by atoms with Crippen molar-refractivity contribution in [2.24, 2.45) is 11.7 Å². The van der Waals surface area contributed by atoms with Crippen LogP contribution in [0.5, 0.6) is 0 Å². The molecule has 0 spiro atoms. The molecule has 18 heavy (non-hydrogen) atoms. The van der Waals surface area contributed by atoms with Crippen molar-refractivity contribution in [3.8, 4) is 0 Å². The van der Waals surface area contributed by atoms with Gasteiger partial charge < -0.3 is 11.1 Å². The van der Waals surface area contributed by atoms with Gasteiger partial charge in [-0.2, -0.15) is 0 Å². The Kier molecular flexibility index (Phi) is 6.16. The fraction of sp³-hybridized carbons (Fsp3) is 0.500. The summed E-state index contributed by atoms with van der Waals surface area (Å²) in [6, 6.07) is 7.49. The summed E-state index contributed by atoms with van der Waals surface area (Å²) in [5.74, 6) is 0.302. The van der Waals surface area contributed by atoms with Crippen LogP contribution in [-0.4, -0.2) is 12.5 Å². The average Bonchev–Trinajstić information content (AvgIpc) is 2.35. The first-order chi connectivity index (χ1) is 8.56. The molecule has 3 N–H and O–H groups in total. The molecule has 4 heteroatoms. The number of benzene rings is 1. The van der Waals surface area contributed by atoms with Crippen LogP contribution in [0.3, 0.4) is 0 Å². The zero-order valence-corrected chi connectivity index (χ0v) is 11.7. The summed E-state index contributed by atoms with van der Waals surface area (Å²) >= 11 is 5.93. The van der Waals surface area contributed by atoms with Crippen molar-refractivity contribution in [2.75, 3.05) is 6.54 Å². The molecule has 1 amide bonds. The minimum atomic E-state index is -0.0357. The van der Waals surface area contributed by atoms with Crippen molar-refractivity contribution in [1.29, 1.82) is 0 Å². The van der Waals surface area contributed by atoms with E-state index in [2.05, 4.69) is 5.32 Å². The minimum Gasteiger partial charge on any atom is -0.350 e. The number of rotatable bonds is 6. The third kappa shape index (κ3) is 4.67. The Morgan fingerprint density at radius 2 is 2.22 bits per heavy atom. The van der Waals surface area contributed by atoms with Gasteiger partial charge >= 0.3 is 0 Å². The third-order valence-electron chi connectivity index (χ3n) is 3.11. The summed E-state index contributed by atoms with van der Waals surface area (Å²) in [4.78, 5) is 11.8. The van der Waals surface area contributed by atoms with Gasteiger partial charge in [-0.15, -0.1) is 0 Å². The van der Waals surface area contributed by atoms with E-state index in [1.165, 1.54) is 0 Å². The number of halogens is 1. The normalized spacial score (nSPS) is 14.0. The van der Waals surface area contributed by atoms with Crippen molar-refractivity contribution in [1.82, 2.24) is 5.32 Å². The van der Waals surface area contributed by atoms with E-state index < -0.39 is 0 Å². The Balaban J connectivity index is 2.54. The van der Waals surface area contributed by atoms with E-state index in [4.69, 9.17) is 17.3 Å². The standard InChI is InChI=1S/C14H21ClN2O/c1-3-11(9-16)7-14(18)17-10(2)12-5-4-6-13(15)8-12/h4-6,8,10-11H,3,7,9,16H2,1-2H3,(H,17,18). The number of nitrogens with one attached hydrogen (secondary N) is 1. The molecule has 0 aliphatic carbocycles. The van der Waals surface area contributed by atoms with Crippen LogP contribution < -0.4 is 11.1 Å². The summed E-state index contributed by atoms with van der Waals surface area (Å²) in [6.07, 6.45) is 1.41. The highest BCUT2D eigenvalue weighted by atomic mass is 35.5. The summed E-state index contributed by atoms with van der Waals surface area (Å²) in [5.41, 5.74) is 6.61. The first-order valence-corrected chi connectivity index (χ1v) is 6.69. The fourth-order valence-electron chi connectivity index (χ4n) is 1.82. The molecule has 3 nitrogen and oxygen atoms in total. The molecule has 0 aliphatic rings. The van der Waals surface area contributed by atoms with Crippen LogP contribution in [0.25, 0.3) is 0 Å². The van der Waals surface area contributed by atoms with Crippen LogP contribution in [0.1, 0.15) is 38.3 Å². The van der Waals surface area contributed by atoms with Crippen molar-refractivity contribution in [3.05, 3.63) is 34.9 Å². The summed E-state index contributed by atoms with van der Waals surface area (Å²) in [7, 11) is 0. The van der Waals surface area contributed by atoms with E-state index >= 15 is 0 Å². The first kappa shape index (κ1) is 15.0. The second kappa shape index (κ2) is 7.39. The molecular formula is C14H21ClN2O.